The third-order valence-electron chi connectivity index (χ3n) is 4.64. The van der Waals surface area contributed by atoms with E-state index in [4.69, 9.17) is 0 Å². The second kappa shape index (κ2) is 5.43. The summed E-state index contributed by atoms with van der Waals surface area (Å²) in [6.07, 6.45) is 6.03. The van der Waals surface area contributed by atoms with E-state index in [2.05, 4.69) is 38.1 Å². The Kier molecular flexibility index (Phi) is 4.10. The molecule has 2 rings (SSSR count). The Labute approximate surface area is 111 Å². The molecule has 0 bridgehead atoms. The highest BCUT2D eigenvalue weighted by molar-refractivity contribution is 5.19. The van der Waals surface area contributed by atoms with Crippen LogP contribution in [0.3, 0.4) is 0 Å². The highest BCUT2D eigenvalue weighted by Crippen LogP contribution is 2.30. The van der Waals surface area contributed by atoms with Crippen molar-refractivity contribution in [2.75, 3.05) is 0 Å². The summed E-state index contributed by atoms with van der Waals surface area (Å²) in [5.74, 6) is 1.68. The zero-order chi connectivity index (χ0) is 13.3. The summed E-state index contributed by atoms with van der Waals surface area (Å²) in [5, 5.41) is 8.14. The molecule has 102 valence electrons. The van der Waals surface area contributed by atoms with Crippen LogP contribution in [0, 0.1) is 18.8 Å². The van der Waals surface area contributed by atoms with Crippen molar-refractivity contribution in [3.05, 3.63) is 17.5 Å². The maximum Gasteiger partial charge on any atom is 0.0540 e. The van der Waals surface area contributed by atoms with E-state index >= 15 is 0 Å². The van der Waals surface area contributed by atoms with E-state index in [1.807, 2.05) is 17.9 Å². The van der Waals surface area contributed by atoms with Crippen LogP contribution in [-0.2, 0) is 7.05 Å². The fourth-order valence-corrected chi connectivity index (χ4v) is 3.26. The second-order valence-corrected chi connectivity index (χ2v) is 6.20. The monoisotopic (exact) mass is 249 g/mol. The van der Waals surface area contributed by atoms with Gasteiger partial charge in [0.25, 0.3) is 0 Å². The fraction of sp³-hybridized carbons (Fsp3) is 0.800. The van der Waals surface area contributed by atoms with Gasteiger partial charge in [0, 0.05) is 30.4 Å². The van der Waals surface area contributed by atoms with Crippen LogP contribution >= 0.6 is 0 Å². The standard InChI is InChI=1S/C15H27N3/c1-10-6-7-15(11(2)8-10)17-12(3)14-9-16-18(5)13(14)4/h9-12,15,17H,6-8H2,1-5H3. The average Bonchev–Trinajstić information content (AvgIpc) is 2.64. The molecule has 1 aliphatic carbocycles. The molecule has 0 radical (unpaired) electrons. The normalized spacial score (nSPS) is 30.4. The van der Waals surface area contributed by atoms with Gasteiger partial charge in [-0.15, -0.1) is 0 Å². The van der Waals surface area contributed by atoms with Crippen molar-refractivity contribution in [3.8, 4) is 0 Å². The molecule has 0 saturated heterocycles. The van der Waals surface area contributed by atoms with Gasteiger partial charge in [0.05, 0.1) is 6.20 Å². The van der Waals surface area contributed by atoms with E-state index in [0.717, 1.165) is 11.8 Å². The van der Waals surface area contributed by atoms with Gasteiger partial charge in [0.2, 0.25) is 0 Å². The summed E-state index contributed by atoms with van der Waals surface area (Å²) in [6.45, 7) is 9.17. The van der Waals surface area contributed by atoms with Gasteiger partial charge >= 0.3 is 0 Å². The molecule has 1 aliphatic rings. The first kappa shape index (κ1) is 13.6. The largest absolute Gasteiger partial charge is 0.307 e. The number of nitrogens with one attached hydrogen (secondary N) is 1. The van der Waals surface area contributed by atoms with Crippen molar-refractivity contribution in [2.45, 2.75) is 59.0 Å². The van der Waals surface area contributed by atoms with Crippen LogP contribution in [0.5, 0.6) is 0 Å². The summed E-state index contributed by atoms with van der Waals surface area (Å²) in [4.78, 5) is 0. The first-order chi connectivity index (χ1) is 8.49. The maximum absolute atomic E-state index is 4.34. The number of hydrogen-bond donors (Lipinski definition) is 1. The molecule has 3 heteroatoms. The molecule has 0 spiro atoms. The molecule has 1 fully saturated rings. The van der Waals surface area contributed by atoms with Gasteiger partial charge in [-0.3, -0.25) is 4.68 Å². The lowest BCUT2D eigenvalue weighted by Crippen LogP contribution is -2.40. The van der Waals surface area contributed by atoms with Crippen LogP contribution < -0.4 is 5.32 Å². The van der Waals surface area contributed by atoms with E-state index in [1.165, 1.54) is 30.5 Å². The molecular formula is C15H27N3. The minimum absolute atomic E-state index is 0.402. The fourth-order valence-electron chi connectivity index (χ4n) is 3.26. The van der Waals surface area contributed by atoms with Crippen LogP contribution in [0.15, 0.2) is 6.20 Å². The number of aromatic nitrogens is 2. The number of hydrogen-bond acceptors (Lipinski definition) is 2. The van der Waals surface area contributed by atoms with Gasteiger partial charge in [0.15, 0.2) is 0 Å². The van der Waals surface area contributed by atoms with Gasteiger partial charge in [-0.1, -0.05) is 13.8 Å². The van der Waals surface area contributed by atoms with Crippen LogP contribution in [0.4, 0.5) is 0 Å². The Morgan fingerprint density at radius 1 is 1.39 bits per heavy atom. The molecule has 1 aromatic rings. The highest BCUT2D eigenvalue weighted by Gasteiger charge is 2.27. The lowest BCUT2D eigenvalue weighted by molar-refractivity contribution is 0.216. The minimum atomic E-state index is 0.402. The average molecular weight is 249 g/mol. The molecule has 1 saturated carbocycles. The van der Waals surface area contributed by atoms with Gasteiger partial charge in [-0.05, 0) is 44.9 Å². The van der Waals surface area contributed by atoms with Crippen LogP contribution in [-0.4, -0.2) is 15.8 Å². The van der Waals surface area contributed by atoms with Crippen molar-refractivity contribution in [2.24, 2.45) is 18.9 Å². The highest BCUT2D eigenvalue weighted by atomic mass is 15.3. The Morgan fingerprint density at radius 2 is 2.11 bits per heavy atom. The topological polar surface area (TPSA) is 29.9 Å². The second-order valence-electron chi connectivity index (χ2n) is 6.20. The molecule has 1 N–H and O–H groups in total. The summed E-state index contributed by atoms with van der Waals surface area (Å²) in [5.41, 5.74) is 2.61. The molecule has 0 amide bonds. The van der Waals surface area contributed by atoms with E-state index in [9.17, 15) is 0 Å². The van der Waals surface area contributed by atoms with Crippen molar-refractivity contribution in [1.82, 2.24) is 15.1 Å². The van der Waals surface area contributed by atoms with E-state index < -0.39 is 0 Å². The zero-order valence-electron chi connectivity index (χ0n) is 12.4. The molecule has 0 aromatic carbocycles. The van der Waals surface area contributed by atoms with Gasteiger partial charge in [-0.2, -0.15) is 5.10 Å². The summed E-state index contributed by atoms with van der Waals surface area (Å²) in [7, 11) is 2.01. The van der Waals surface area contributed by atoms with Gasteiger partial charge in [0.1, 0.15) is 0 Å². The van der Waals surface area contributed by atoms with Crippen molar-refractivity contribution in [1.29, 1.82) is 0 Å². The predicted octanol–water partition coefficient (Wildman–Crippen LogP) is 3.20. The SMILES string of the molecule is Cc1c(C(C)NC2CCC(C)CC2C)cnn1C. The molecule has 0 aliphatic heterocycles. The number of rotatable bonds is 3. The van der Waals surface area contributed by atoms with Crippen molar-refractivity contribution >= 4 is 0 Å². The molecule has 18 heavy (non-hydrogen) atoms. The molecule has 3 nitrogen and oxygen atoms in total. The minimum Gasteiger partial charge on any atom is -0.307 e. The van der Waals surface area contributed by atoms with E-state index in [0.29, 0.717) is 12.1 Å². The third-order valence-corrected chi connectivity index (χ3v) is 4.64. The molecule has 1 heterocycles. The molecule has 4 unspecified atom stereocenters. The lowest BCUT2D eigenvalue weighted by Gasteiger charge is -2.35. The Hall–Kier alpha value is -0.830. The van der Waals surface area contributed by atoms with E-state index in [1.54, 1.807) is 0 Å². The molecular weight excluding hydrogens is 222 g/mol. The number of aryl methyl sites for hydroxylation is 1. The lowest BCUT2D eigenvalue weighted by atomic mass is 9.79. The Balaban J connectivity index is 1.99. The van der Waals surface area contributed by atoms with Crippen LogP contribution in [0.25, 0.3) is 0 Å². The summed E-state index contributed by atoms with van der Waals surface area (Å²) < 4.78 is 1.96. The van der Waals surface area contributed by atoms with E-state index in [-0.39, 0.29) is 0 Å². The zero-order valence-corrected chi connectivity index (χ0v) is 12.4. The maximum atomic E-state index is 4.34. The Bertz CT molecular complexity index is 396. The molecule has 4 atom stereocenters. The third kappa shape index (κ3) is 2.77. The van der Waals surface area contributed by atoms with Crippen molar-refractivity contribution < 1.29 is 0 Å². The summed E-state index contributed by atoms with van der Waals surface area (Å²) >= 11 is 0. The summed E-state index contributed by atoms with van der Waals surface area (Å²) in [6, 6.07) is 1.07. The predicted molar refractivity (Wildman–Crippen MR) is 75.5 cm³/mol. The number of nitrogens with zero attached hydrogens (tertiary/aromatic N) is 2. The van der Waals surface area contributed by atoms with Gasteiger partial charge in [-0.25, -0.2) is 0 Å². The van der Waals surface area contributed by atoms with Crippen LogP contribution in [0.1, 0.15) is 57.3 Å². The first-order valence-electron chi connectivity index (χ1n) is 7.23. The van der Waals surface area contributed by atoms with Gasteiger partial charge < -0.3 is 5.32 Å². The first-order valence-corrected chi connectivity index (χ1v) is 7.23. The Morgan fingerprint density at radius 3 is 2.67 bits per heavy atom. The van der Waals surface area contributed by atoms with Crippen molar-refractivity contribution in [3.63, 3.8) is 0 Å². The molecule has 1 aromatic heterocycles. The smallest absolute Gasteiger partial charge is 0.0540 e. The van der Waals surface area contributed by atoms with Crippen LogP contribution in [0.2, 0.25) is 0 Å². The quantitative estimate of drug-likeness (QED) is 0.891.